The summed E-state index contributed by atoms with van der Waals surface area (Å²) in [4.78, 5) is 20.6. The van der Waals surface area contributed by atoms with Crippen molar-refractivity contribution >= 4 is 17.2 Å². The minimum Gasteiger partial charge on any atom is -0.361 e. The summed E-state index contributed by atoms with van der Waals surface area (Å²) in [5.74, 6) is 1.44. The molecular formula is C18H25N3O2S. The smallest absolute Gasteiger partial charge is 0.222 e. The zero-order chi connectivity index (χ0) is 17.3. The van der Waals surface area contributed by atoms with E-state index in [4.69, 9.17) is 9.51 Å². The van der Waals surface area contributed by atoms with Crippen molar-refractivity contribution in [3.05, 3.63) is 32.6 Å². The summed E-state index contributed by atoms with van der Waals surface area (Å²) in [6.07, 6.45) is 3.40. The zero-order valence-corrected chi connectivity index (χ0v) is 15.7. The molecule has 0 aromatic carbocycles. The zero-order valence-electron chi connectivity index (χ0n) is 14.9. The van der Waals surface area contributed by atoms with Crippen LogP contribution in [-0.2, 0) is 11.2 Å². The van der Waals surface area contributed by atoms with Crippen molar-refractivity contribution in [1.82, 2.24) is 15.0 Å². The molecule has 0 unspecified atom stereocenters. The number of hydrogen-bond donors (Lipinski definition) is 0. The highest BCUT2D eigenvalue weighted by atomic mass is 32.1. The molecule has 1 saturated heterocycles. The van der Waals surface area contributed by atoms with Crippen molar-refractivity contribution in [3.63, 3.8) is 0 Å². The van der Waals surface area contributed by atoms with Crippen LogP contribution in [0, 0.1) is 27.7 Å². The molecule has 0 radical (unpaired) electrons. The van der Waals surface area contributed by atoms with E-state index in [1.807, 2.05) is 18.7 Å². The number of hydrogen-bond acceptors (Lipinski definition) is 5. The molecule has 130 valence electrons. The van der Waals surface area contributed by atoms with Crippen LogP contribution < -0.4 is 0 Å². The van der Waals surface area contributed by atoms with E-state index in [-0.39, 0.29) is 5.91 Å². The highest BCUT2D eigenvalue weighted by Gasteiger charge is 2.27. The van der Waals surface area contributed by atoms with E-state index in [1.165, 1.54) is 9.88 Å². The predicted molar refractivity (Wildman–Crippen MR) is 94.4 cm³/mol. The standard InChI is InChI=1S/C18H25N3O2S/c1-11-14(4)24-18(19-11)15-6-5-9-21(10-15)17(22)8-7-16-12(2)20-23-13(16)3/h15H,5-10H2,1-4H3/t15-/m1/s1. The van der Waals surface area contributed by atoms with Gasteiger partial charge in [0.25, 0.3) is 0 Å². The molecule has 24 heavy (non-hydrogen) atoms. The van der Waals surface area contributed by atoms with Gasteiger partial charge in [0, 0.05) is 35.9 Å². The summed E-state index contributed by atoms with van der Waals surface area (Å²) in [5.41, 5.74) is 3.09. The van der Waals surface area contributed by atoms with Gasteiger partial charge in [0.2, 0.25) is 5.91 Å². The molecule has 1 fully saturated rings. The van der Waals surface area contributed by atoms with Crippen molar-refractivity contribution in [2.75, 3.05) is 13.1 Å². The van der Waals surface area contributed by atoms with Gasteiger partial charge in [0.1, 0.15) is 5.76 Å². The number of likely N-dealkylation sites (tertiary alicyclic amines) is 1. The third-order valence-corrected chi connectivity index (χ3v) is 6.17. The van der Waals surface area contributed by atoms with Gasteiger partial charge in [-0.1, -0.05) is 5.16 Å². The molecule has 0 N–H and O–H groups in total. The number of piperidine rings is 1. The van der Waals surface area contributed by atoms with Gasteiger partial charge in [0.15, 0.2) is 0 Å². The molecule has 1 amide bonds. The number of nitrogens with zero attached hydrogens (tertiary/aromatic N) is 3. The number of carbonyl (C=O) groups excluding carboxylic acids is 1. The predicted octanol–water partition coefficient (Wildman–Crippen LogP) is 3.70. The van der Waals surface area contributed by atoms with Gasteiger partial charge in [-0.2, -0.15) is 0 Å². The van der Waals surface area contributed by atoms with Crippen LogP contribution in [0.15, 0.2) is 4.52 Å². The molecule has 1 aliphatic rings. The number of aryl methyl sites for hydroxylation is 4. The monoisotopic (exact) mass is 347 g/mol. The molecule has 5 nitrogen and oxygen atoms in total. The van der Waals surface area contributed by atoms with Crippen LogP contribution in [0.4, 0.5) is 0 Å². The minimum absolute atomic E-state index is 0.227. The Labute approximate surface area is 147 Å². The number of thiazole rings is 1. The third kappa shape index (κ3) is 3.53. The molecule has 3 heterocycles. The summed E-state index contributed by atoms with van der Waals surface area (Å²) in [7, 11) is 0. The second kappa shape index (κ2) is 7.05. The second-order valence-corrected chi connectivity index (χ2v) is 7.91. The van der Waals surface area contributed by atoms with Gasteiger partial charge in [-0.15, -0.1) is 11.3 Å². The summed E-state index contributed by atoms with van der Waals surface area (Å²) in [6, 6.07) is 0. The van der Waals surface area contributed by atoms with Crippen molar-refractivity contribution in [2.24, 2.45) is 0 Å². The van der Waals surface area contributed by atoms with Gasteiger partial charge in [0.05, 0.1) is 16.4 Å². The van der Waals surface area contributed by atoms with E-state index in [0.29, 0.717) is 18.8 Å². The average molecular weight is 347 g/mol. The van der Waals surface area contributed by atoms with Crippen molar-refractivity contribution in [2.45, 2.75) is 59.3 Å². The lowest BCUT2D eigenvalue weighted by molar-refractivity contribution is -0.132. The maximum absolute atomic E-state index is 12.6. The molecular weight excluding hydrogens is 322 g/mol. The normalized spacial score (nSPS) is 18.2. The first kappa shape index (κ1) is 17.1. The second-order valence-electron chi connectivity index (χ2n) is 6.68. The summed E-state index contributed by atoms with van der Waals surface area (Å²) < 4.78 is 5.18. The van der Waals surface area contributed by atoms with Crippen LogP contribution in [0.3, 0.4) is 0 Å². The van der Waals surface area contributed by atoms with Crippen LogP contribution in [-0.4, -0.2) is 34.0 Å². The Bertz CT molecular complexity index is 696. The molecule has 0 aliphatic carbocycles. The van der Waals surface area contributed by atoms with Gasteiger partial charge >= 0.3 is 0 Å². The minimum atomic E-state index is 0.227. The molecule has 0 saturated carbocycles. The number of carbonyl (C=O) groups is 1. The number of rotatable bonds is 4. The summed E-state index contributed by atoms with van der Waals surface area (Å²) >= 11 is 1.78. The average Bonchev–Trinajstić information content (AvgIpc) is 3.08. The Morgan fingerprint density at radius 1 is 1.29 bits per heavy atom. The van der Waals surface area contributed by atoms with E-state index in [0.717, 1.165) is 48.6 Å². The van der Waals surface area contributed by atoms with E-state index in [2.05, 4.69) is 19.0 Å². The lowest BCUT2D eigenvalue weighted by Gasteiger charge is -2.32. The number of aromatic nitrogens is 2. The maximum atomic E-state index is 12.6. The van der Waals surface area contributed by atoms with Gasteiger partial charge in [-0.3, -0.25) is 4.79 Å². The highest BCUT2D eigenvalue weighted by molar-refractivity contribution is 7.11. The topological polar surface area (TPSA) is 59.2 Å². The fourth-order valence-corrected chi connectivity index (χ4v) is 4.37. The van der Waals surface area contributed by atoms with E-state index >= 15 is 0 Å². The molecule has 0 bridgehead atoms. The number of amides is 1. The first-order chi connectivity index (χ1) is 11.5. The van der Waals surface area contributed by atoms with Crippen LogP contribution in [0.25, 0.3) is 0 Å². The highest BCUT2D eigenvalue weighted by Crippen LogP contribution is 2.31. The van der Waals surface area contributed by atoms with Crippen molar-refractivity contribution in [3.8, 4) is 0 Å². The van der Waals surface area contributed by atoms with Gasteiger partial charge in [-0.05, 0) is 47.0 Å². The Kier molecular flexibility index (Phi) is 5.04. The Morgan fingerprint density at radius 3 is 2.71 bits per heavy atom. The quantitative estimate of drug-likeness (QED) is 0.846. The third-order valence-electron chi connectivity index (χ3n) is 4.94. The Hall–Kier alpha value is -1.69. The SMILES string of the molecule is Cc1nc([C@@H]2CCCN(C(=O)CCc3c(C)noc3C)C2)sc1C. The van der Waals surface area contributed by atoms with E-state index in [9.17, 15) is 4.79 Å². The van der Waals surface area contributed by atoms with Gasteiger partial charge in [-0.25, -0.2) is 4.98 Å². The van der Waals surface area contributed by atoms with Gasteiger partial charge < -0.3 is 9.42 Å². The maximum Gasteiger partial charge on any atom is 0.222 e. The molecule has 2 aromatic rings. The Morgan fingerprint density at radius 2 is 2.08 bits per heavy atom. The van der Waals surface area contributed by atoms with E-state index < -0.39 is 0 Å². The first-order valence-electron chi connectivity index (χ1n) is 8.59. The van der Waals surface area contributed by atoms with Crippen LogP contribution >= 0.6 is 11.3 Å². The molecule has 1 aliphatic heterocycles. The van der Waals surface area contributed by atoms with Crippen LogP contribution in [0.2, 0.25) is 0 Å². The molecule has 3 rings (SSSR count). The fourth-order valence-electron chi connectivity index (χ4n) is 3.33. The molecule has 1 atom stereocenters. The largest absolute Gasteiger partial charge is 0.361 e. The lowest BCUT2D eigenvalue weighted by atomic mass is 9.98. The summed E-state index contributed by atoms with van der Waals surface area (Å²) in [5, 5.41) is 5.15. The molecule has 2 aromatic heterocycles. The van der Waals surface area contributed by atoms with E-state index in [1.54, 1.807) is 11.3 Å². The van der Waals surface area contributed by atoms with Crippen LogP contribution in [0.1, 0.15) is 57.8 Å². The fraction of sp³-hybridized carbons (Fsp3) is 0.611. The van der Waals surface area contributed by atoms with Crippen LogP contribution in [0.5, 0.6) is 0 Å². The van der Waals surface area contributed by atoms with Crippen molar-refractivity contribution < 1.29 is 9.32 Å². The Balaban J connectivity index is 1.61. The van der Waals surface area contributed by atoms with Crippen molar-refractivity contribution in [1.29, 1.82) is 0 Å². The summed E-state index contributed by atoms with van der Waals surface area (Å²) in [6.45, 7) is 9.67. The first-order valence-corrected chi connectivity index (χ1v) is 9.40. The lowest BCUT2D eigenvalue weighted by Crippen LogP contribution is -2.39. The molecule has 0 spiro atoms. The molecule has 6 heteroatoms.